The molecule has 0 saturated carbocycles. The van der Waals surface area contributed by atoms with Crippen LogP contribution in [0.5, 0.6) is 0 Å². The van der Waals surface area contributed by atoms with Gasteiger partial charge < -0.3 is 9.88 Å². The van der Waals surface area contributed by atoms with E-state index in [0.29, 0.717) is 5.65 Å². The van der Waals surface area contributed by atoms with E-state index in [9.17, 15) is 9.59 Å². The molecular formula is C13H13N3O2. The second-order valence-corrected chi connectivity index (χ2v) is 4.10. The van der Waals surface area contributed by atoms with Crippen molar-refractivity contribution in [1.29, 1.82) is 0 Å². The van der Waals surface area contributed by atoms with E-state index < -0.39 is 0 Å². The number of rotatable bonds is 2. The van der Waals surface area contributed by atoms with Crippen molar-refractivity contribution in [2.75, 3.05) is 14.1 Å². The van der Waals surface area contributed by atoms with Gasteiger partial charge in [-0.25, -0.2) is 4.98 Å². The number of hydrogen-bond acceptors (Lipinski definition) is 3. The Hall–Kier alpha value is -2.43. The van der Waals surface area contributed by atoms with Crippen LogP contribution in [0.2, 0.25) is 0 Å². The normalized spacial score (nSPS) is 11.0. The Morgan fingerprint density at radius 1 is 1.39 bits per heavy atom. The zero-order chi connectivity index (χ0) is 13.1. The summed E-state index contributed by atoms with van der Waals surface area (Å²) in [6.07, 6.45) is 4.78. The molecule has 0 fully saturated rings. The van der Waals surface area contributed by atoms with Crippen molar-refractivity contribution in [3.05, 3.63) is 46.4 Å². The molecule has 2 heterocycles. The molecule has 0 saturated heterocycles. The van der Waals surface area contributed by atoms with Gasteiger partial charge in [0.2, 0.25) is 11.5 Å². The Morgan fingerprint density at radius 3 is 2.89 bits per heavy atom. The SMILES string of the molecule is CN(C)C(=O)/C=C/c1cnc2[nH]c(=O)ccc2c1. The molecule has 5 nitrogen and oxygen atoms in total. The quantitative estimate of drug-likeness (QED) is 0.801. The van der Waals surface area contributed by atoms with Crippen LogP contribution in [0, 0.1) is 0 Å². The van der Waals surface area contributed by atoms with Crippen molar-refractivity contribution in [2.45, 2.75) is 0 Å². The second kappa shape index (κ2) is 4.83. The summed E-state index contributed by atoms with van der Waals surface area (Å²) in [6.45, 7) is 0. The number of carbonyl (C=O) groups excluding carboxylic acids is 1. The highest BCUT2D eigenvalue weighted by Gasteiger charge is 1.99. The number of fused-ring (bicyclic) bond motifs is 1. The van der Waals surface area contributed by atoms with Gasteiger partial charge in [0.25, 0.3) is 0 Å². The molecule has 1 amide bonds. The zero-order valence-electron chi connectivity index (χ0n) is 10.2. The highest BCUT2D eigenvalue weighted by Crippen LogP contribution is 2.10. The van der Waals surface area contributed by atoms with Crippen LogP contribution in [0.25, 0.3) is 17.1 Å². The van der Waals surface area contributed by atoms with E-state index in [2.05, 4.69) is 9.97 Å². The Labute approximate surface area is 104 Å². The van der Waals surface area contributed by atoms with Crippen molar-refractivity contribution in [1.82, 2.24) is 14.9 Å². The minimum atomic E-state index is -0.180. The minimum Gasteiger partial charge on any atom is -0.345 e. The van der Waals surface area contributed by atoms with E-state index in [-0.39, 0.29) is 11.5 Å². The lowest BCUT2D eigenvalue weighted by Crippen LogP contribution is -2.18. The fourth-order valence-electron chi connectivity index (χ4n) is 1.46. The van der Waals surface area contributed by atoms with E-state index in [1.165, 1.54) is 17.0 Å². The predicted octanol–water partition coefficient (Wildman–Crippen LogP) is 1.02. The monoisotopic (exact) mass is 243 g/mol. The van der Waals surface area contributed by atoms with Crippen LogP contribution in [0.4, 0.5) is 0 Å². The van der Waals surface area contributed by atoms with Crippen LogP contribution >= 0.6 is 0 Å². The molecule has 5 heteroatoms. The lowest BCUT2D eigenvalue weighted by atomic mass is 10.2. The summed E-state index contributed by atoms with van der Waals surface area (Å²) >= 11 is 0. The number of aromatic nitrogens is 2. The predicted molar refractivity (Wildman–Crippen MR) is 70.1 cm³/mol. The lowest BCUT2D eigenvalue weighted by molar-refractivity contribution is -0.123. The van der Waals surface area contributed by atoms with E-state index in [1.54, 1.807) is 32.4 Å². The Kier molecular flexibility index (Phi) is 3.23. The minimum absolute atomic E-state index is 0.0865. The molecular weight excluding hydrogens is 230 g/mol. The van der Waals surface area contributed by atoms with Crippen LogP contribution in [-0.2, 0) is 4.79 Å². The van der Waals surface area contributed by atoms with Crippen LogP contribution in [0.1, 0.15) is 5.56 Å². The first-order valence-electron chi connectivity index (χ1n) is 5.45. The molecule has 0 aliphatic rings. The van der Waals surface area contributed by atoms with E-state index >= 15 is 0 Å². The maximum absolute atomic E-state index is 11.4. The van der Waals surface area contributed by atoms with Crippen molar-refractivity contribution in [2.24, 2.45) is 0 Å². The number of carbonyl (C=O) groups is 1. The van der Waals surface area contributed by atoms with Gasteiger partial charge in [-0.05, 0) is 23.8 Å². The van der Waals surface area contributed by atoms with Crippen LogP contribution in [0.15, 0.2) is 35.3 Å². The largest absolute Gasteiger partial charge is 0.345 e. The van der Waals surface area contributed by atoms with E-state index in [0.717, 1.165) is 10.9 Å². The summed E-state index contributed by atoms with van der Waals surface area (Å²) in [6, 6.07) is 5.01. The second-order valence-electron chi connectivity index (χ2n) is 4.10. The molecule has 0 radical (unpaired) electrons. The molecule has 0 unspecified atom stereocenters. The van der Waals surface area contributed by atoms with Crippen LogP contribution in [-0.4, -0.2) is 34.9 Å². The Bertz CT molecular complexity index is 671. The molecule has 0 atom stereocenters. The lowest BCUT2D eigenvalue weighted by Gasteiger charge is -2.05. The molecule has 0 aliphatic heterocycles. The molecule has 18 heavy (non-hydrogen) atoms. The number of H-pyrrole nitrogens is 1. The summed E-state index contributed by atoms with van der Waals surface area (Å²) in [5.41, 5.74) is 1.17. The number of hydrogen-bond donors (Lipinski definition) is 1. The summed E-state index contributed by atoms with van der Waals surface area (Å²) in [5.74, 6) is -0.0865. The maximum Gasteiger partial charge on any atom is 0.249 e. The summed E-state index contributed by atoms with van der Waals surface area (Å²) < 4.78 is 0. The van der Waals surface area contributed by atoms with Crippen LogP contribution < -0.4 is 5.56 Å². The van der Waals surface area contributed by atoms with Crippen molar-refractivity contribution in [3.63, 3.8) is 0 Å². The van der Waals surface area contributed by atoms with Crippen LogP contribution in [0.3, 0.4) is 0 Å². The van der Waals surface area contributed by atoms with Gasteiger partial charge in [-0.15, -0.1) is 0 Å². The Balaban J connectivity index is 2.33. The standard InChI is InChI=1S/C13H13N3O2/c1-16(2)12(18)6-3-9-7-10-4-5-11(17)15-13(10)14-8-9/h3-8H,1-2H3,(H,14,15,17)/b6-3+. The van der Waals surface area contributed by atoms with Gasteiger partial charge >= 0.3 is 0 Å². The maximum atomic E-state index is 11.4. The van der Waals surface area contributed by atoms with Gasteiger partial charge in [0, 0.05) is 37.8 Å². The van der Waals surface area contributed by atoms with Gasteiger partial charge in [0.05, 0.1) is 0 Å². The first-order valence-corrected chi connectivity index (χ1v) is 5.45. The third kappa shape index (κ3) is 2.63. The molecule has 0 aliphatic carbocycles. The molecule has 1 N–H and O–H groups in total. The summed E-state index contributed by atoms with van der Waals surface area (Å²) in [4.78, 5) is 30.7. The van der Waals surface area contributed by atoms with Gasteiger partial charge in [0.1, 0.15) is 5.65 Å². The molecule has 2 rings (SSSR count). The van der Waals surface area contributed by atoms with Gasteiger partial charge in [-0.2, -0.15) is 0 Å². The average Bonchev–Trinajstić information content (AvgIpc) is 2.35. The first-order chi connectivity index (χ1) is 8.56. The molecule has 0 bridgehead atoms. The highest BCUT2D eigenvalue weighted by molar-refractivity contribution is 5.91. The molecule has 0 spiro atoms. The molecule has 0 aromatic carbocycles. The number of pyridine rings is 2. The third-order valence-electron chi connectivity index (χ3n) is 2.45. The number of amides is 1. The smallest absolute Gasteiger partial charge is 0.249 e. The van der Waals surface area contributed by atoms with E-state index in [4.69, 9.17) is 0 Å². The van der Waals surface area contributed by atoms with Crippen molar-refractivity contribution < 1.29 is 4.79 Å². The van der Waals surface area contributed by atoms with Crippen molar-refractivity contribution in [3.8, 4) is 0 Å². The molecule has 92 valence electrons. The van der Waals surface area contributed by atoms with Gasteiger partial charge in [-0.1, -0.05) is 0 Å². The number of aromatic amines is 1. The number of nitrogens with one attached hydrogen (secondary N) is 1. The van der Waals surface area contributed by atoms with Gasteiger partial charge in [0.15, 0.2) is 0 Å². The number of nitrogens with zero attached hydrogens (tertiary/aromatic N) is 2. The molecule has 2 aromatic heterocycles. The summed E-state index contributed by atoms with van der Waals surface area (Å²) in [7, 11) is 3.38. The molecule has 2 aromatic rings. The van der Waals surface area contributed by atoms with Crippen molar-refractivity contribution >= 4 is 23.0 Å². The average molecular weight is 243 g/mol. The fourth-order valence-corrected chi connectivity index (χ4v) is 1.46. The van der Waals surface area contributed by atoms with Gasteiger partial charge in [-0.3, -0.25) is 9.59 Å². The van der Waals surface area contributed by atoms with E-state index in [1.807, 2.05) is 6.07 Å². The summed E-state index contributed by atoms with van der Waals surface area (Å²) in [5, 5.41) is 0.828. The number of likely N-dealkylation sites (N-methyl/N-ethyl adjacent to an activating group) is 1. The third-order valence-corrected chi connectivity index (χ3v) is 2.45. The topological polar surface area (TPSA) is 66.1 Å². The Morgan fingerprint density at radius 2 is 2.17 bits per heavy atom. The highest BCUT2D eigenvalue weighted by atomic mass is 16.2. The zero-order valence-corrected chi connectivity index (χ0v) is 10.2. The fraction of sp³-hybridized carbons (Fsp3) is 0.154. The first kappa shape index (κ1) is 12.0.